The molecule has 0 amide bonds. The zero-order valence-electron chi connectivity index (χ0n) is 15.9. The van der Waals surface area contributed by atoms with Gasteiger partial charge < -0.3 is 10.2 Å². The number of likely N-dealkylation sites (tertiary alicyclic amines) is 1. The average Bonchev–Trinajstić information content (AvgIpc) is 2.39. The van der Waals surface area contributed by atoms with E-state index in [4.69, 9.17) is 0 Å². The molecule has 0 spiro atoms. The van der Waals surface area contributed by atoms with Crippen LogP contribution in [0.1, 0.15) is 73.1 Å². The molecule has 2 nitrogen and oxygen atoms in total. The van der Waals surface area contributed by atoms with Gasteiger partial charge in [0.1, 0.15) is 0 Å². The van der Waals surface area contributed by atoms with Gasteiger partial charge in [0.05, 0.1) is 0 Å². The van der Waals surface area contributed by atoms with Gasteiger partial charge in [-0.15, -0.1) is 0 Å². The summed E-state index contributed by atoms with van der Waals surface area (Å²) in [6.45, 7) is 18.6. The molecule has 0 saturated carbocycles. The first-order chi connectivity index (χ1) is 10.2. The Morgan fingerprint density at radius 2 is 1.59 bits per heavy atom. The van der Waals surface area contributed by atoms with Crippen LogP contribution in [0.4, 0.5) is 0 Å². The molecule has 2 heterocycles. The smallest absolute Gasteiger partial charge is 0.00328 e. The van der Waals surface area contributed by atoms with E-state index in [2.05, 4.69) is 44.8 Å². The normalized spacial score (nSPS) is 26.3. The second-order valence-electron chi connectivity index (χ2n) is 10.1. The van der Waals surface area contributed by atoms with E-state index in [0.717, 1.165) is 11.8 Å². The lowest BCUT2D eigenvalue weighted by Crippen LogP contribution is -2.42. The number of nitrogens with zero attached hydrogens (tertiary/aromatic N) is 1. The Bertz CT molecular complexity index is 315. The maximum atomic E-state index is 3.57. The third kappa shape index (κ3) is 6.58. The van der Waals surface area contributed by atoms with E-state index in [9.17, 15) is 0 Å². The minimum atomic E-state index is 0.473. The molecule has 2 aliphatic heterocycles. The maximum absolute atomic E-state index is 3.57. The van der Waals surface area contributed by atoms with E-state index in [0.29, 0.717) is 10.8 Å². The molecule has 2 saturated heterocycles. The Balaban J connectivity index is 1.72. The number of piperidine rings is 2. The average molecular weight is 309 g/mol. The van der Waals surface area contributed by atoms with Crippen LogP contribution in [0.15, 0.2) is 0 Å². The van der Waals surface area contributed by atoms with Crippen LogP contribution in [0.2, 0.25) is 0 Å². The van der Waals surface area contributed by atoms with Crippen LogP contribution in [-0.4, -0.2) is 37.6 Å². The van der Waals surface area contributed by atoms with E-state index in [-0.39, 0.29) is 0 Å². The van der Waals surface area contributed by atoms with E-state index in [1.165, 1.54) is 71.2 Å². The maximum Gasteiger partial charge on any atom is 0.00328 e. The first kappa shape index (κ1) is 18.3. The molecule has 130 valence electrons. The van der Waals surface area contributed by atoms with Crippen LogP contribution in [0.5, 0.6) is 0 Å². The Labute approximate surface area is 139 Å². The van der Waals surface area contributed by atoms with Crippen molar-refractivity contribution in [1.29, 1.82) is 0 Å². The molecule has 0 aromatic rings. The van der Waals surface area contributed by atoms with Crippen molar-refractivity contribution >= 4 is 0 Å². The molecule has 1 atom stereocenters. The van der Waals surface area contributed by atoms with Gasteiger partial charge in [0, 0.05) is 6.54 Å². The predicted molar refractivity (Wildman–Crippen MR) is 97.2 cm³/mol. The number of hydrogen-bond donors (Lipinski definition) is 1. The number of hydrogen-bond acceptors (Lipinski definition) is 2. The van der Waals surface area contributed by atoms with Gasteiger partial charge in [-0.05, 0) is 87.4 Å². The number of nitrogens with one attached hydrogen (secondary N) is 1. The van der Waals surface area contributed by atoms with Crippen LogP contribution < -0.4 is 5.32 Å². The van der Waals surface area contributed by atoms with Crippen LogP contribution in [0, 0.1) is 22.7 Å². The molecule has 0 aliphatic carbocycles. The second kappa shape index (κ2) is 7.66. The molecule has 2 fully saturated rings. The minimum absolute atomic E-state index is 0.473. The fourth-order valence-corrected chi connectivity index (χ4v) is 4.76. The van der Waals surface area contributed by atoms with E-state index >= 15 is 0 Å². The van der Waals surface area contributed by atoms with Crippen molar-refractivity contribution in [3.05, 3.63) is 0 Å². The first-order valence-electron chi connectivity index (χ1n) is 9.67. The van der Waals surface area contributed by atoms with Crippen LogP contribution >= 0.6 is 0 Å². The van der Waals surface area contributed by atoms with Crippen molar-refractivity contribution in [2.45, 2.75) is 73.1 Å². The topological polar surface area (TPSA) is 15.3 Å². The molecule has 2 rings (SSSR count). The summed E-state index contributed by atoms with van der Waals surface area (Å²) in [5.41, 5.74) is 0.973. The zero-order chi connectivity index (χ0) is 16.2. The van der Waals surface area contributed by atoms with Gasteiger partial charge >= 0.3 is 0 Å². The minimum Gasteiger partial charge on any atom is -0.316 e. The Hall–Kier alpha value is -0.0800. The molecule has 22 heavy (non-hydrogen) atoms. The van der Waals surface area contributed by atoms with Gasteiger partial charge in [-0.3, -0.25) is 0 Å². The van der Waals surface area contributed by atoms with Crippen molar-refractivity contribution in [1.82, 2.24) is 10.2 Å². The summed E-state index contributed by atoms with van der Waals surface area (Å²) in [5.74, 6) is 1.86. The predicted octanol–water partition coefficient (Wildman–Crippen LogP) is 4.55. The highest BCUT2D eigenvalue weighted by molar-refractivity contribution is 4.83. The fourth-order valence-electron chi connectivity index (χ4n) is 4.76. The van der Waals surface area contributed by atoms with Crippen LogP contribution in [-0.2, 0) is 0 Å². The Morgan fingerprint density at radius 1 is 0.909 bits per heavy atom. The highest BCUT2D eigenvalue weighted by atomic mass is 15.1. The lowest BCUT2D eigenvalue weighted by molar-refractivity contribution is 0.0960. The third-order valence-corrected chi connectivity index (χ3v) is 5.50. The molecule has 2 heteroatoms. The monoisotopic (exact) mass is 308 g/mol. The number of rotatable bonds is 5. The van der Waals surface area contributed by atoms with Crippen LogP contribution in [0.25, 0.3) is 0 Å². The summed E-state index contributed by atoms with van der Waals surface area (Å²) in [6, 6.07) is 0. The standard InChI is InChI=1S/C20H40N2/c1-19(2,3)13-17-8-11-22(12-9-17)16-20(4,5)14-18-7-6-10-21-15-18/h17-18,21H,6-16H2,1-5H3. The van der Waals surface area contributed by atoms with E-state index in [1.54, 1.807) is 0 Å². The highest BCUT2D eigenvalue weighted by Gasteiger charge is 2.29. The molecule has 1 N–H and O–H groups in total. The SMILES string of the molecule is CC(C)(C)CC1CCN(CC(C)(C)CC2CCCNC2)CC1. The summed E-state index contributed by atoms with van der Waals surface area (Å²) >= 11 is 0. The molecule has 0 aromatic heterocycles. The molecule has 2 aliphatic rings. The summed E-state index contributed by atoms with van der Waals surface area (Å²) in [7, 11) is 0. The summed E-state index contributed by atoms with van der Waals surface area (Å²) in [4.78, 5) is 2.75. The molecule has 0 bridgehead atoms. The summed E-state index contributed by atoms with van der Waals surface area (Å²) < 4.78 is 0. The molecule has 1 unspecified atom stereocenters. The van der Waals surface area contributed by atoms with Gasteiger partial charge in [0.2, 0.25) is 0 Å². The van der Waals surface area contributed by atoms with Gasteiger partial charge in [0.15, 0.2) is 0 Å². The van der Waals surface area contributed by atoms with Gasteiger partial charge in [0.25, 0.3) is 0 Å². The first-order valence-corrected chi connectivity index (χ1v) is 9.67. The highest BCUT2D eigenvalue weighted by Crippen LogP contribution is 2.34. The fraction of sp³-hybridized carbons (Fsp3) is 1.00. The van der Waals surface area contributed by atoms with Gasteiger partial charge in [-0.2, -0.15) is 0 Å². The van der Waals surface area contributed by atoms with Crippen molar-refractivity contribution < 1.29 is 0 Å². The summed E-state index contributed by atoms with van der Waals surface area (Å²) in [6.07, 6.45) is 8.43. The van der Waals surface area contributed by atoms with E-state index in [1.807, 2.05) is 0 Å². The Morgan fingerprint density at radius 3 is 2.14 bits per heavy atom. The lowest BCUT2D eigenvalue weighted by atomic mass is 9.78. The van der Waals surface area contributed by atoms with Gasteiger partial charge in [-0.1, -0.05) is 34.6 Å². The zero-order valence-corrected chi connectivity index (χ0v) is 15.9. The van der Waals surface area contributed by atoms with Crippen molar-refractivity contribution in [3.63, 3.8) is 0 Å². The van der Waals surface area contributed by atoms with E-state index < -0.39 is 0 Å². The largest absolute Gasteiger partial charge is 0.316 e. The third-order valence-electron chi connectivity index (χ3n) is 5.50. The molecule has 0 radical (unpaired) electrons. The van der Waals surface area contributed by atoms with Crippen LogP contribution in [0.3, 0.4) is 0 Å². The molecular formula is C20H40N2. The van der Waals surface area contributed by atoms with Gasteiger partial charge in [-0.25, -0.2) is 0 Å². The van der Waals surface area contributed by atoms with Crippen molar-refractivity contribution in [2.75, 3.05) is 32.7 Å². The lowest BCUT2D eigenvalue weighted by Gasteiger charge is -2.40. The Kier molecular flexibility index (Phi) is 6.36. The quantitative estimate of drug-likeness (QED) is 0.801. The second-order valence-corrected chi connectivity index (χ2v) is 10.1. The molecular weight excluding hydrogens is 268 g/mol. The van der Waals surface area contributed by atoms with Crippen molar-refractivity contribution in [3.8, 4) is 0 Å². The molecule has 0 aromatic carbocycles. The summed E-state index contributed by atoms with van der Waals surface area (Å²) in [5, 5.41) is 3.57. The van der Waals surface area contributed by atoms with Crippen molar-refractivity contribution in [2.24, 2.45) is 22.7 Å².